The minimum atomic E-state index is -0.826. The quantitative estimate of drug-likeness (QED) is 0.680. The van der Waals surface area contributed by atoms with E-state index in [2.05, 4.69) is 33.2 Å². The molecule has 2 unspecified atom stereocenters. The van der Waals surface area contributed by atoms with Crippen molar-refractivity contribution in [2.75, 3.05) is 25.5 Å². The highest BCUT2D eigenvalue weighted by molar-refractivity contribution is 5.97. The highest BCUT2D eigenvalue weighted by atomic mass is 16.5. The summed E-state index contributed by atoms with van der Waals surface area (Å²) >= 11 is 0. The summed E-state index contributed by atoms with van der Waals surface area (Å²) in [5.41, 5.74) is 3.09. The third-order valence-electron chi connectivity index (χ3n) is 6.57. The average molecular weight is 421 g/mol. The Morgan fingerprint density at radius 2 is 2.19 bits per heavy atom. The van der Waals surface area contributed by atoms with Gasteiger partial charge in [-0.2, -0.15) is 0 Å². The minimum Gasteiger partial charge on any atom is -0.497 e. The van der Waals surface area contributed by atoms with Crippen LogP contribution in [0.5, 0.6) is 5.75 Å². The van der Waals surface area contributed by atoms with E-state index in [0.717, 1.165) is 46.4 Å². The number of carbonyl (C=O) groups excluding carboxylic acids is 1. The predicted octanol–water partition coefficient (Wildman–Crippen LogP) is 3.28. The fraction of sp³-hybridized carbons (Fsp3) is 0.417. The van der Waals surface area contributed by atoms with Gasteiger partial charge in [0.05, 0.1) is 18.8 Å². The number of β-amino-alcohol motifs (C(OH)–C–C–N with tert-alkyl or cyclic N) is 1. The molecule has 2 aromatic heterocycles. The molecule has 2 aliphatic rings. The molecule has 0 saturated carbocycles. The minimum absolute atomic E-state index is 0.0247. The van der Waals surface area contributed by atoms with Gasteiger partial charge >= 0.3 is 0 Å². The predicted molar refractivity (Wildman–Crippen MR) is 120 cm³/mol. The first kappa shape index (κ1) is 19.9. The van der Waals surface area contributed by atoms with Gasteiger partial charge in [-0.3, -0.25) is 4.79 Å². The van der Waals surface area contributed by atoms with E-state index in [9.17, 15) is 9.90 Å². The number of nitrogens with zero attached hydrogens (tertiary/aromatic N) is 3. The second-order valence-corrected chi connectivity index (χ2v) is 8.99. The maximum atomic E-state index is 13.3. The van der Waals surface area contributed by atoms with Crippen LogP contribution in [-0.4, -0.2) is 51.3 Å². The van der Waals surface area contributed by atoms with Crippen molar-refractivity contribution in [2.45, 2.75) is 37.8 Å². The Morgan fingerprint density at radius 3 is 2.97 bits per heavy atom. The van der Waals surface area contributed by atoms with Gasteiger partial charge in [0.1, 0.15) is 11.6 Å². The van der Waals surface area contributed by atoms with Crippen LogP contribution in [0.25, 0.3) is 10.9 Å². The molecule has 0 spiro atoms. The summed E-state index contributed by atoms with van der Waals surface area (Å²) in [5, 5.41) is 15.1. The number of hydrogen-bond donors (Lipinski definition) is 2. The van der Waals surface area contributed by atoms with Gasteiger partial charge in [0.25, 0.3) is 5.91 Å². The molecular formula is C24H28N4O3. The van der Waals surface area contributed by atoms with Gasteiger partial charge < -0.3 is 24.6 Å². The molecule has 4 heterocycles. The molecular weight excluding hydrogens is 392 g/mol. The molecule has 31 heavy (non-hydrogen) atoms. The standard InChI is InChI=1S/C24H28N4O3/c1-24(30)8-4-10-28(14-24)23(29)16-7-9-25-22-18(16)12-20(26-22)19-13-27(2)21-6-5-15(31-3)11-17(19)21/h5-7,9,11,13,20,30H,4,8,10,12,14H2,1-3H3,(H,25,26). The summed E-state index contributed by atoms with van der Waals surface area (Å²) in [6.45, 7) is 2.84. The van der Waals surface area contributed by atoms with E-state index >= 15 is 0 Å². The lowest BCUT2D eigenvalue weighted by Gasteiger charge is -2.37. The van der Waals surface area contributed by atoms with Crippen LogP contribution in [0.4, 0.5) is 5.82 Å². The number of aryl methyl sites for hydroxylation is 1. The number of methoxy groups -OCH3 is 1. The lowest BCUT2D eigenvalue weighted by atomic mass is 9.94. The van der Waals surface area contributed by atoms with E-state index in [0.29, 0.717) is 25.1 Å². The Morgan fingerprint density at radius 1 is 1.35 bits per heavy atom. The van der Waals surface area contributed by atoms with Gasteiger partial charge in [-0.25, -0.2) is 4.98 Å². The van der Waals surface area contributed by atoms with Gasteiger partial charge in [0.15, 0.2) is 0 Å². The maximum Gasteiger partial charge on any atom is 0.254 e. The van der Waals surface area contributed by atoms with Crippen molar-refractivity contribution in [1.82, 2.24) is 14.5 Å². The Hall–Kier alpha value is -3.06. The number of hydrogen-bond acceptors (Lipinski definition) is 5. The number of likely N-dealkylation sites (tertiary alicyclic amines) is 1. The van der Waals surface area contributed by atoms with Crippen LogP contribution in [-0.2, 0) is 13.5 Å². The summed E-state index contributed by atoms with van der Waals surface area (Å²) in [5.74, 6) is 1.56. The number of piperidine rings is 1. The molecule has 1 amide bonds. The molecule has 0 aliphatic carbocycles. The Labute approximate surface area is 181 Å². The number of nitrogens with one attached hydrogen (secondary N) is 1. The number of amides is 1. The van der Waals surface area contributed by atoms with Crippen molar-refractivity contribution >= 4 is 22.6 Å². The molecule has 0 bridgehead atoms. The number of fused-ring (bicyclic) bond motifs is 2. The summed E-state index contributed by atoms with van der Waals surface area (Å²) in [6, 6.07) is 7.92. The third-order valence-corrected chi connectivity index (χ3v) is 6.57. The monoisotopic (exact) mass is 420 g/mol. The van der Waals surface area contributed by atoms with E-state index in [-0.39, 0.29) is 11.9 Å². The highest BCUT2D eigenvalue weighted by Crippen LogP contribution is 2.39. The first-order valence-electron chi connectivity index (χ1n) is 10.8. The normalized spacial score (nSPS) is 23.0. The molecule has 2 atom stereocenters. The number of carbonyl (C=O) groups is 1. The molecule has 7 nitrogen and oxygen atoms in total. The third kappa shape index (κ3) is 3.43. The molecule has 0 radical (unpaired) electrons. The number of anilines is 1. The van der Waals surface area contributed by atoms with Gasteiger partial charge in [0.2, 0.25) is 0 Å². The summed E-state index contributed by atoms with van der Waals surface area (Å²) < 4.78 is 7.55. The second-order valence-electron chi connectivity index (χ2n) is 8.99. The molecule has 1 fully saturated rings. The highest BCUT2D eigenvalue weighted by Gasteiger charge is 2.35. The maximum absolute atomic E-state index is 13.3. The first-order chi connectivity index (χ1) is 14.9. The van der Waals surface area contributed by atoms with Crippen LogP contribution in [0.1, 0.15) is 47.3 Å². The van der Waals surface area contributed by atoms with Crippen LogP contribution < -0.4 is 10.1 Å². The first-order valence-corrected chi connectivity index (χ1v) is 10.8. The second kappa shape index (κ2) is 7.27. The van der Waals surface area contributed by atoms with Gasteiger partial charge in [-0.15, -0.1) is 0 Å². The Kier molecular flexibility index (Phi) is 4.66. The molecule has 2 N–H and O–H groups in total. The van der Waals surface area contributed by atoms with Crippen molar-refractivity contribution in [2.24, 2.45) is 7.05 Å². The van der Waals surface area contributed by atoms with E-state index in [1.165, 1.54) is 0 Å². The van der Waals surface area contributed by atoms with Crippen LogP contribution in [0.3, 0.4) is 0 Å². The van der Waals surface area contributed by atoms with Gasteiger partial charge in [-0.05, 0) is 44.0 Å². The van der Waals surface area contributed by atoms with E-state index < -0.39 is 5.60 Å². The summed E-state index contributed by atoms with van der Waals surface area (Å²) in [7, 11) is 3.71. The topological polar surface area (TPSA) is 79.6 Å². The van der Waals surface area contributed by atoms with Gasteiger partial charge in [0, 0.05) is 66.5 Å². The zero-order valence-corrected chi connectivity index (χ0v) is 18.2. The summed E-state index contributed by atoms with van der Waals surface area (Å²) in [6.07, 6.45) is 6.04. The zero-order valence-electron chi connectivity index (χ0n) is 18.2. The summed E-state index contributed by atoms with van der Waals surface area (Å²) in [4.78, 5) is 19.6. The number of aromatic nitrogens is 2. The zero-order chi connectivity index (χ0) is 21.8. The number of ether oxygens (including phenoxy) is 1. The molecule has 1 saturated heterocycles. The van der Waals surface area contributed by atoms with E-state index in [1.807, 2.05) is 13.1 Å². The number of rotatable bonds is 3. The van der Waals surface area contributed by atoms with E-state index in [4.69, 9.17) is 4.74 Å². The largest absolute Gasteiger partial charge is 0.497 e. The van der Waals surface area contributed by atoms with Crippen LogP contribution in [0.15, 0.2) is 36.7 Å². The number of aliphatic hydroxyl groups is 1. The van der Waals surface area contributed by atoms with Crippen LogP contribution in [0.2, 0.25) is 0 Å². The Balaban J connectivity index is 1.47. The van der Waals surface area contributed by atoms with Crippen molar-refractivity contribution in [3.63, 3.8) is 0 Å². The fourth-order valence-electron chi connectivity index (χ4n) is 5.00. The van der Waals surface area contributed by atoms with Crippen molar-refractivity contribution < 1.29 is 14.6 Å². The van der Waals surface area contributed by atoms with Crippen molar-refractivity contribution in [1.29, 1.82) is 0 Å². The fourth-order valence-corrected chi connectivity index (χ4v) is 5.00. The van der Waals surface area contributed by atoms with Crippen molar-refractivity contribution in [3.05, 3.63) is 53.3 Å². The molecule has 5 rings (SSSR count). The molecule has 7 heteroatoms. The smallest absolute Gasteiger partial charge is 0.254 e. The van der Waals surface area contributed by atoms with Crippen LogP contribution >= 0.6 is 0 Å². The molecule has 2 aliphatic heterocycles. The van der Waals surface area contributed by atoms with Crippen LogP contribution in [0, 0.1) is 0 Å². The lowest BCUT2D eigenvalue weighted by molar-refractivity contribution is -0.0107. The Bertz CT molecular complexity index is 1170. The molecule has 3 aromatic rings. The molecule has 1 aromatic carbocycles. The SMILES string of the molecule is COc1ccc2c(c1)c(C1Cc3c(C(=O)N4CCCC(C)(O)C4)ccnc3N1)cn2C. The van der Waals surface area contributed by atoms with E-state index in [1.54, 1.807) is 31.2 Å². The average Bonchev–Trinajstić information content (AvgIpc) is 3.33. The number of benzene rings is 1. The molecule has 162 valence electrons. The van der Waals surface area contributed by atoms with Crippen molar-refractivity contribution in [3.8, 4) is 5.75 Å². The lowest BCUT2D eigenvalue weighted by Crippen LogP contribution is -2.48. The number of pyridine rings is 1. The van der Waals surface area contributed by atoms with Gasteiger partial charge in [-0.1, -0.05) is 0 Å².